The zero-order valence-electron chi connectivity index (χ0n) is 47.5. The lowest BCUT2D eigenvalue weighted by Crippen LogP contribution is -2.45. The molecule has 0 saturated carbocycles. The topological polar surface area (TPSA) is 95.9 Å². The van der Waals surface area contributed by atoms with Crippen LogP contribution in [0.25, 0.3) is 0 Å². The molecule has 0 aliphatic rings. The summed E-state index contributed by atoms with van der Waals surface area (Å²) in [5, 5.41) is 23.1. The highest BCUT2D eigenvalue weighted by Gasteiger charge is 2.18. The summed E-state index contributed by atoms with van der Waals surface area (Å²) in [5.74, 6) is -0.0475. The third-order valence-corrected chi connectivity index (χ3v) is 15.1. The first-order valence-electron chi connectivity index (χ1n) is 32.0. The van der Waals surface area contributed by atoms with E-state index in [1.165, 1.54) is 295 Å². The van der Waals surface area contributed by atoms with Crippen molar-refractivity contribution < 1.29 is 24.5 Å². The molecule has 0 aromatic heterocycles. The number of hydrogen-bond acceptors (Lipinski definition) is 5. The molecule has 6 heteroatoms. The summed E-state index contributed by atoms with van der Waals surface area (Å²) in [7, 11) is 0. The van der Waals surface area contributed by atoms with Crippen LogP contribution in [0.5, 0.6) is 0 Å². The third kappa shape index (κ3) is 55.9. The van der Waals surface area contributed by atoms with E-state index in [2.05, 4.69) is 19.2 Å². The van der Waals surface area contributed by atoms with Crippen molar-refractivity contribution in [1.82, 2.24) is 5.32 Å². The first-order chi connectivity index (χ1) is 34.5. The van der Waals surface area contributed by atoms with Crippen LogP contribution in [-0.2, 0) is 14.3 Å². The standard InChI is InChI=1S/C64H125NO5/c1-3-5-7-9-11-13-15-17-28-32-36-40-44-48-52-56-62(67)61(60-66)65-63(68)57-53-49-45-41-37-33-30-26-24-22-20-19-21-23-25-27-31-35-39-43-47-51-55-59-70-64(69)58-54-50-46-42-38-34-29-18-16-14-12-10-8-6-4-2/h52,56,61-62,66-67H,3-51,53-55,57-60H2,1-2H3,(H,65,68)/b56-52+. The molecular formula is C64H125NO5. The molecule has 0 radical (unpaired) electrons. The van der Waals surface area contributed by atoms with Gasteiger partial charge in [-0.3, -0.25) is 9.59 Å². The molecule has 0 heterocycles. The highest BCUT2D eigenvalue weighted by Crippen LogP contribution is 2.18. The number of hydrogen-bond donors (Lipinski definition) is 3. The summed E-state index contributed by atoms with van der Waals surface area (Å²) in [6.45, 7) is 4.93. The minimum absolute atomic E-state index is 0.0175. The van der Waals surface area contributed by atoms with Crippen LogP contribution in [0.3, 0.4) is 0 Å². The number of allylic oxidation sites excluding steroid dienone is 1. The fourth-order valence-corrected chi connectivity index (χ4v) is 10.2. The van der Waals surface area contributed by atoms with Gasteiger partial charge in [0, 0.05) is 12.8 Å². The molecule has 3 N–H and O–H groups in total. The molecule has 0 spiro atoms. The van der Waals surface area contributed by atoms with Crippen molar-refractivity contribution in [2.24, 2.45) is 0 Å². The van der Waals surface area contributed by atoms with Gasteiger partial charge in [0.25, 0.3) is 0 Å². The number of carbonyl (C=O) groups is 2. The van der Waals surface area contributed by atoms with Crippen molar-refractivity contribution in [2.75, 3.05) is 13.2 Å². The number of nitrogens with one attached hydrogen (secondary N) is 1. The van der Waals surface area contributed by atoms with Crippen LogP contribution in [0, 0.1) is 0 Å². The molecule has 0 aromatic rings. The summed E-state index contributed by atoms with van der Waals surface area (Å²) < 4.78 is 5.49. The molecule has 1 amide bonds. The largest absolute Gasteiger partial charge is 0.466 e. The van der Waals surface area contributed by atoms with Gasteiger partial charge in [-0.05, 0) is 32.1 Å². The Bertz CT molecular complexity index is 1050. The Hall–Kier alpha value is -1.40. The van der Waals surface area contributed by atoms with Gasteiger partial charge in [0.2, 0.25) is 5.91 Å². The van der Waals surface area contributed by atoms with Gasteiger partial charge in [-0.2, -0.15) is 0 Å². The van der Waals surface area contributed by atoms with E-state index in [4.69, 9.17) is 4.74 Å². The van der Waals surface area contributed by atoms with Gasteiger partial charge in [0.1, 0.15) is 0 Å². The minimum Gasteiger partial charge on any atom is -0.466 e. The second-order valence-corrected chi connectivity index (χ2v) is 22.1. The van der Waals surface area contributed by atoms with Crippen LogP contribution in [0.15, 0.2) is 12.2 Å². The third-order valence-electron chi connectivity index (χ3n) is 15.1. The van der Waals surface area contributed by atoms with Crippen molar-refractivity contribution in [3.63, 3.8) is 0 Å². The van der Waals surface area contributed by atoms with E-state index >= 15 is 0 Å². The molecule has 0 aliphatic carbocycles. The van der Waals surface area contributed by atoms with E-state index in [-0.39, 0.29) is 18.5 Å². The molecule has 0 saturated heterocycles. The molecule has 0 rings (SSSR count). The van der Waals surface area contributed by atoms with Gasteiger partial charge in [-0.1, -0.05) is 328 Å². The predicted molar refractivity (Wildman–Crippen MR) is 306 cm³/mol. The smallest absolute Gasteiger partial charge is 0.305 e. The zero-order chi connectivity index (χ0) is 50.7. The average molecular weight is 989 g/mol. The fraction of sp³-hybridized carbons (Fsp3) is 0.938. The summed E-state index contributed by atoms with van der Waals surface area (Å²) in [6, 6.07) is -0.626. The first-order valence-corrected chi connectivity index (χ1v) is 32.0. The predicted octanol–water partition coefficient (Wildman–Crippen LogP) is 20.0. The van der Waals surface area contributed by atoms with Crippen LogP contribution >= 0.6 is 0 Å². The maximum absolute atomic E-state index is 12.5. The zero-order valence-corrected chi connectivity index (χ0v) is 47.5. The lowest BCUT2D eigenvalue weighted by Gasteiger charge is -2.20. The maximum Gasteiger partial charge on any atom is 0.305 e. The number of unbranched alkanes of at least 4 members (excludes halogenated alkanes) is 49. The van der Waals surface area contributed by atoms with Crippen molar-refractivity contribution in [3.8, 4) is 0 Å². The molecule has 0 fully saturated rings. The normalized spacial score (nSPS) is 12.6. The fourth-order valence-electron chi connectivity index (χ4n) is 10.2. The van der Waals surface area contributed by atoms with Crippen molar-refractivity contribution in [1.29, 1.82) is 0 Å². The van der Waals surface area contributed by atoms with Gasteiger partial charge in [0.15, 0.2) is 0 Å². The quantitative estimate of drug-likeness (QED) is 0.0321. The monoisotopic (exact) mass is 988 g/mol. The van der Waals surface area contributed by atoms with E-state index in [9.17, 15) is 19.8 Å². The summed E-state index contributed by atoms with van der Waals surface area (Å²) in [6.07, 6.45) is 72.6. The Morgan fingerprint density at radius 3 is 0.971 bits per heavy atom. The highest BCUT2D eigenvalue weighted by molar-refractivity contribution is 5.76. The number of esters is 1. The van der Waals surface area contributed by atoms with Gasteiger partial charge < -0.3 is 20.3 Å². The van der Waals surface area contributed by atoms with Crippen LogP contribution in [0.2, 0.25) is 0 Å². The van der Waals surface area contributed by atoms with Gasteiger partial charge in [-0.15, -0.1) is 0 Å². The lowest BCUT2D eigenvalue weighted by molar-refractivity contribution is -0.143. The van der Waals surface area contributed by atoms with Gasteiger partial charge >= 0.3 is 5.97 Å². The molecule has 0 aliphatic heterocycles. The Morgan fingerprint density at radius 2 is 0.657 bits per heavy atom. The van der Waals surface area contributed by atoms with E-state index in [1.54, 1.807) is 6.08 Å². The molecule has 6 nitrogen and oxygen atoms in total. The number of rotatable bonds is 60. The van der Waals surface area contributed by atoms with Crippen LogP contribution in [0.4, 0.5) is 0 Å². The molecule has 2 unspecified atom stereocenters. The Morgan fingerprint density at radius 1 is 0.386 bits per heavy atom. The SMILES string of the molecule is CCCCCCCCCCCCCCC/C=C/C(O)C(CO)NC(=O)CCCCCCCCCCCCCCCCCCCCCCCCCOC(=O)CCCCCCCCCCCCCCCCC. The minimum atomic E-state index is -0.843. The summed E-state index contributed by atoms with van der Waals surface area (Å²) >= 11 is 0. The second-order valence-electron chi connectivity index (χ2n) is 22.1. The number of aliphatic hydroxyl groups is 2. The maximum atomic E-state index is 12.5. The van der Waals surface area contributed by atoms with E-state index in [0.717, 1.165) is 38.5 Å². The van der Waals surface area contributed by atoms with Crippen molar-refractivity contribution in [2.45, 2.75) is 373 Å². The Balaban J connectivity index is 3.37. The molecule has 0 bridgehead atoms. The molecule has 70 heavy (non-hydrogen) atoms. The van der Waals surface area contributed by atoms with Gasteiger partial charge in [-0.25, -0.2) is 0 Å². The van der Waals surface area contributed by atoms with E-state index in [0.29, 0.717) is 19.4 Å². The van der Waals surface area contributed by atoms with E-state index in [1.807, 2.05) is 6.08 Å². The first kappa shape index (κ1) is 68.6. The number of ether oxygens (including phenoxy) is 1. The Kier molecular flexibility index (Phi) is 59.0. The molecule has 2 atom stereocenters. The van der Waals surface area contributed by atoms with Crippen LogP contribution < -0.4 is 5.32 Å². The number of amides is 1. The Labute approximate surface area is 438 Å². The molecular weight excluding hydrogens is 863 g/mol. The lowest BCUT2D eigenvalue weighted by atomic mass is 10.0. The molecule has 416 valence electrons. The van der Waals surface area contributed by atoms with Gasteiger partial charge in [0.05, 0.1) is 25.4 Å². The highest BCUT2D eigenvalue weighted by atomic mass is 16.5. The van der Waals surface area contributed by atoms with Crippen LogP contribution in [-0.4, -0.2) is 47.4 Å². The summed E-state index contributed by atoms with van der Waals surface area (Å²) in [5.41, 5.74) is 0. The molecule has 0 aromatic carbocycles. The van der Waals surface area contributed by atoms with E-state index < -0.39 is 12.1 Å². The average Bonchev–Trinajstić information content (AvgIpc) is 3.36. The van der Waals surface area contributed by atoms with Crippen molar-refractivity contribution >= 4 is 11.9 Å². The van der Waals surface area contributed by atoms with Crippen LogP contribution in [0.1, 0.15) is 361 Å². The number of aliphatic hydroxyl groups excluding tert-OH is 2. The number of carbonyl (C=O) groups excluding carboxylic acids is 2. The second kappa shape index (κ2) is 60.2. The summed E-state index contributed by atoms with van der Waals surface area (Å²) in [4.78, 5) is 24.5. The van der Waals surface area contributed by atoms with Crippen molar-refractivity contribution in [3.05, 3.63) is 12.2 Å².